The molecule has 7 heteroatoms. The number of hydrogen-bond acceptors (Lipinski definition) is 5. The van der Waals surface area contributed by atoms with Gasteiger partial charge in [0.05, 0.1) is 17.8 Å². The molecular weight excluding hydrogens is 324 g/mol. The Morgan fingerprint density at radius 1 is 1.24 bits per heavy atom. The minimum Gasteiger partial charge on any atom is -0.507 e. The number of aromatic hydroxyl groups is 1. The number of anilines is 1. The summed E-state index contributed by atoms with van der Waals surface area (Å²) in [6.45, 7) is 10.0. The number of carbonyl (C=O) groups excluding carboxylic acids is 2. The second-order valence-electron chi connectivity index (χ2n) is 7.33. The van der Waals surface area contributed by atoms with E-state index in [4.69, 9.17) is 9.47 Å². The van der Waals surface area contributed by atoms with Crippen LogP contribution in [0.2, 0.25) is 0 Å². The van der Waals surface area contributed by atoms with Gasteiger partial charge in [-0.2, -0.15) is 0 Å². The summed E-state index contributed by atoms with van der Waals surface area (Å²) in [6, 6.07) is 4.39. The van der Waals surface area contributed by atoms with E-state index in [9.17, 15) is 14.7 Å². The van der Waals surface area contributed by atoms with Gasteiger partial charge in [-0.05, 0) is 46.8 Å². The SMILES string of the molecule is C[C@@H]1CN(C(=O)c2ccc(NC(=O)OC(C)(C)C)cc2O)C[C@H](C)O1. The topological polar surface area (TPSA) is 88.1 Å². The summed E-state index contributed by atoms with van der Waals surface area (Å²) in [6.07, 6.45) is -0.729. The number of nitrogens with zero attached hydrogens (tertiary/aromatic N) is 1. The highest BCUT2D eigenvalue weighted by Gasteiger charge is 2.28. The van der Waals surface area contributed by atoms with Crippen LogP contribution in [0, 0.1) is 0 Å². The standard InChI is InChI=1S/C18H26N2O5/c1-11-9-20(10-12(2)24-11)16(22)14-7-6-13(8-15(14)21)19-17(23)25-18(3,4)5/h6-8,11-12,21H,9-10H2,1-5H3,(H,19,23)/t11-,12+. The van der Waals surface area contributed by atoms with Gasteiger partial charge in [-0.25, -0.2) is 4.79 Å². The van der Waals surface area contributed by atoms with Crippen molar-refractivity contribution in [1.82, 2.24) is 4.90 Å². The number of benzene rings is 1. The zero-order valence-corrected chi connectivity index (χ0v) is 15.3. The second-order valence-corrected chi connectivity index (χ2v) is 7.33. The Bertz CT molecular complexity index is 643. The lowest BCUT2D eigenvalue weighted by molar-refractivity contribution is -0.0586. The number of hydrogen-bond donors (Lipinski definition) is 2. The first kappa shape index (κ1) is 19.1. The minimum absolute atomic E-state index is 0.0528. The summed E-state index contributed by atoms with van der Waals surface area (Å²) in [5, 5.41) is 12.7. The molecule has 2 N–H and O–H groups in total. The fraction of sp³-hybridized carbons (Fsp3) is 0.556. The maximum Gasteiger partial charge on any atom is 0.412 e. The Kier molecular flexibility index (Phi) is 5.57. The van der Waals surface area contributed by atoms with E-state index in [0.717, 1.165) is 0 Å². The smallest absolute Gasteiger partial charge is 0.412 e. The first-order chi connectivity index (χ1) is 11.5. The molecule has 0 aromatic heterocycles. The molecule has 2 amide bonds. The highest BCUT2D eigenvalue weighted by molar-refractivity contribution is 5.98. The lowest BCUT2D eigenvalue weighted by Crippen LogP contribution is -2.48. The van der Waals surface area contributed by atoms with Crippen LogP contribution in [-0.4, -0.2) is 52.9 Å². The highest BCUT2D eigenvalue weighted by atomic mass is 16.6. The molecule has 1 heterocycles. The van der Waals surface area contributed by atoms with E-state index in [0.29, 0.717) is 18.8 Å². The molecule has 7 nitrogen and oxygen atoms in total. The number of carbonyl (C=O) groups is 2. The molecule has 0 bridgehead atoms. The van der Waals surface area contributed by atoms with Crippen molar-refractivity contribution in [2.75, 3.05) is 18.4 Å². The van der Waals surface area contributed by atoms with Crippen LogP contribution in [0.4, 0.5) is 10.5 Å². The zero-order chi connectivity index (χ0) is 18.8. The van der Waals surface area contributed by atoms with Gasteiger partial charge in [-0.3, -0.25) is 10.1 Å². The molecule has 138 valence electrons. The van der Waals surface area contributed by atoms with E-state index in [1.165, 1.54) is 12.1 Å². The van der Waals surface area contributed by atoms with Crippen molar-refractivity contribution in [3.8, 4) is 5.75 Å². The van der Waals surface area contributed by atoms with Crippen LogP contribution in [-0.2, 0) is 9.47 Å². The van der Waals surface area contributed by atoms with Gasteiger partial charge < -0.3 is 19.5 Å². The molecule has 0 spiro atoms. The largest absolute Gasteiger partial charge is 0.507 e. The molecule has 1 aromatic rings. The Morgan fingerprint density at radius 2 is 1.84 bits per heavy atom. The van der Waals surface area contributed by atoms with Crippen molar-refractivity contribution in [2.24, 2.45) is 0 Å². The number of phenolic OH excluding ortho intramolecular Hbond substituents is 1. The summed E-state index contributed by atoms with van der Waals surface area (Å²) >= 11 is 0. The monoisotopic (exact) mass is 350 g/mol. The van der Waals surface area contributed by atoms with Crippen LogP contribution in [0.15, 0.2) is 18.2 Å². The van der Waals surface area contributed by atoms with Gasteiger partial charge in [0, 0.05) is 24.8 Å². The van der Waals surface area contributed by atoms with Crippen LogP contribution in [0.1, 0.15) is 45.0 Å². The molecular formula is C18H26N2O5. The molecule has 2 atom stereocenters. The van der Waals surface area contributed by atoms with Crippen molar-refractivity contribution in [3.05, 3.63) is 23.8 Å². The van der Waals surface area contributed by atoms with E-state index >= 15 is 0 Å². The van der Waals surface area contributed by atoms with Gasteiger partial charge in [0.2, 0.25) is 0 Å². The third kappa shape index (κ3) is 5.35. The number of rotatable bonds is 2. The number of morpholine rings is 1. The molecule has 25 heavy (non-hydrogen) atoms. The lowest BCUT2D eigenvalue weighted by Gasteiger charge is -2.35. The normalized spacial score (nSPS) is 20.9. The van der Waals surface area contributed by atoms with Gasteiger partial charge >= 0.3 is 6.09 Å². The number of phenols is 1. The third-order valence-corrected chi connectivity index (χ3v) is 3.58. The molecule has 2 rings (SSSR count). The first-order valence-corrected chi connectivity index (χ1v) is 8.33. The molecule has 1 aromatic carbocycles. The molecule has 1 saturated heterocycles. The van der Waals surface area contributed by atoms with Crippen LogP contribution < -0.4 is 5.32 Å². The summed E-state index contributed by atoms with van der Waals surface area (Å²) < 4.78 is 10.8. The number of nitrogens with one attached hydrogen (secondary N) is 1. The fourth-order valence-corrected chi connectivity index (χ4v) is 2.73. The van der Waals surface area contributed by atoms with Crippen LogP contribution >= 0.6 is 0 Å². The Hall–Kier alpha value is -2.28. The van der Waals surface area contributed by atoms with Crippen LogP contribution in [0.3, 0.4) is 0 Å². The predicted octanol–water partition coefficient (Wildman–Crippen LogP) is 2.99. The van der Waals surface area contributed by atoms with Gasteiger partial charge in [0.15, 0.2) is 0 Å². The van der Waals surface area contributed by atoms with Crippen molar-refractivity contribution in [1.29, 1.82) is 0 Å². The third-order valence-electron chi connectivity index (χ3n) is 3.58. The first-order valence-electron chi connectivity index (χ1n) is 8.33. The van der Waals surface area contributed by atoms with E-state index in [1.54, 1.807) is 31.7 Å². The predicted molar refractivity (Wildman–Crippen MR) is 93.9 cm³/mol. The van der Waals surface area contributed by atoms with Crippen LogP contribution in [0.5, 0.6) is 5.75 Å². The van der Waals surface area contributed by atoms with Crippen LogP contribution in [0.25, 0.3) is 0 Å². The van der Waals surface area contributed by atoms with Crippen molar-refractivity contribution in [2.45, 2.75) is 52.4 Å². The quantitative estimate of drug-likeness (QED) is 0.856. The summed E-state index contributed by atoms with van der Waals surface area (Å²) in [4.78, 5) is 26.1. The van der Waals surface area contributed by atoms with Gasteiger partial charge in [0.1, 0.15) is 11.4 Å². The van der Waals surface area contributed by atoms with Gasteiger partial charge in [-0.1, -0.05) is 0 Å². The molecule has 0 unspecified atom stereocenters. The lowest BCUT2D eigenvalue weighted by atomic mass is 10.1. The molecule has 1 aliphatic rings. The van der Waals surface area contributed by atoms with Crippen molar-refractivity contribution >= 4 is 17.7 Å². The molecule has 1 aliphatic heterocycles. The second kappa shape index (κ2) is 7.31. The number of amides is 2. The van der Waals surface area contributed by atoms with Crippen molar-refractivity contribution < 1.29 is 24.2 Å². The maximum absolute atomic E-state index is 12.6. The van der Waals surface area contributed by atoms with E-state index in [-0.39, 0.29) is 29.4 Å². The molecule has 0 saturated carbocycles. The Labute approximate surface area is 147 Å². The minimum atomic E-state index is -0.623. The van der Waals surface area contributed by atoms with E-state index in [2.05, 4.69) is 5.32 Å². The summed E-state index contributed by atoms with van der Waals surface area (Å²) in [7, 11) is 0. The van der Waals surface area contributed by atoms with E-state index < -0.39 is 11.7 Å². The summed E-state index contributed by atoms with van der Waals surface area (Å²) in [5.41, 5.74) is -0.0748. The Morgan fingerprint density at radius 3 is 2.36 bits per heavy atom. The summed E-state index contributed by atoms with van der Waals surface area (Å²) in [5.74, 6) is -0.450. The molecule has 0 radical (unpaired) electrons. The van der Waals surface area contributed by atoms with Crippen molar-refractivity contribution in [3.63, 3.8) is 0 Å². The molecule has 0 aliphatic carbocycles. The Balaban J connectivity index is 2.08. The molecule has 1 fully saturated rings. The average Bonchev–Trinajstić information content (AvgIpc) is 2.43. The zero-order valence-electron chi connectivity index (χ0n) is 15.3. The fourth-order valence-electron chi connectivity index (χ4n) is 2.73. The number of ether oxygens (including phenoxy) is 2. The maximum atomic E-state index is 12.6. The van der Waals surface area contributed by atoms with E-state index in [1.807, 2.05) is 13.8 Å². The van der Waals surface area contributed by atoms with Gasteiger partial charge in [0.25, 0.3) is 5.91 Å². The van der Waals surface area contributed by atoms with Gasteiger partial charge in [-0.15, -0.1) is 0 Å². The highest BCUT2D eigenvalue weighted by Crippen LogP contribution is 2.25. The average molecular weight is 350 g/mol.